The lowest BCUT2D eigenvalue weighted by Crippen LogP contribution is -2.43. The minimum atomic E-state index is -0.940. The van der Waals surface area contributed by atoms with E-state index < -0.39 is 48.0 Å². The van der Waals surface area contributed by atoms with Gasteiger partial charge in [0.2, 0.25) is 0 Å². The molecular formula is C20H25F2N3O5. The molecule has 0 aromatic heterocycles. The lowest BCUT2D eigenvalue weighted by molar-refractivity contribution is -0.153. The van der Waals surface area contributed by atoms with Crippen molar-refractivity contribution in [2.45, 2.75) is 26.7 Å². The number of rotatable bonds is 6. The first-order chi connectivity index (χ1) is 14.2. The molecule has 0 unspecified atom stereocenters. The number of amides is 4. The number of esters is 1. The van der Waals surface area contributed by atoms with E-state index in [2.05, 4.69) is 10.6 Å². The van der Waals surface area contributed by atoms with E-state index in [-0.39, 0.29) is 37.4 Å². The molecule has 2 N–H and O–H groups in total. The lowest BCUT2D eigenvalue weighted by Gasteiger charge is -2.31. The van der Waals surface area contributed by atoms with Crippen LogP contribution in [-0.4, -0.2) is 55.0 Å². The first kappa shape index (κ1) is 23.2. The molecule has 4 amide bonds. The summed E-state index contributed by atoms with van der Waals surface area (Å²) in [6, 6.07) is 2.08. The van der Waals surface area contributed by atoms with Crippen LogP contribution in [0.1, 0.15) is 37.0 Å². The zero-order valence-corrected chi connectivity index (χ0v) is 16.9. The summed E-state index contributed by atoms with van der Waals surface area (Å²) in [7, 11) is 0. The van der Waals surface area contributed by atoms with Gasteiger partial charge in [0.25, 0.3) is 11.8 Å². The predicted molar refractivity (Wildman–Crippen MR) is 102 cm³/mol. The number of likely N-dealkylation sites (tertiary alicyclic amines) is 1. The van der Waals surface area contributed by atoms with Crippen molar-refractivity contribution >= 4 is 23.8 Å². The molecule has 164 valence electrons. The fourth-order valence-corrected chi connectivity index (χ4v) is 2.91. The van der Waals surface area contributed by atoms with Crippen molar-refractivity contribution in [2.75, 3.05) is 26.2 Å². The average Bonchev–Trinajstić information content (AvgIpc) is 2.70. The Hall–Kier alpha value is -3.04. The summed E-state index contributed by atoms with van der Waals surface area (Å²) in [5.74, 6) is -3.93. The van der Waals surface area contributed by atoms with E-state index in [1.54, 1.807) is 0 Å². The normalized spacial score (nSPS) is 14.4. The second kappa shape index (κ2) is 10.7. The molecule has 1 aliphatic rings. The van der Waals surface area contributed by atoms with Gasteiger partial charge in [0.05, 0.1) is 11.5 Å². The molecule has 10 heteroatoms. The van der Waals surface area contributed by atoms with Crippen LogP contribution >= 0.6 is 0 Å². The predicted octanol–water partition coefficient (Wildman–Crippen LogP) is 1.84. The molecule has 1 aromatic carbocycles. The van der Waals surface area contributed by atoms with Crippen molar-refractivity contribution in [3.63, 3.8) is 0 Å². The molecule has 8 nitrogen and oxygen atoms in total. The monoisotopic (exact) mass is 425 g/mol. The molecule has 2 rings (SSSR count). The van der Waals surface area contributed by atoms with Crippen molar-refractivity contribution in [3.05, 3.63) is 35.4 Å². The van der Waals surface area contributed by atoms with Gasteiger partial charge in [-0.25, -0.2) is 13.6 Å². The topological polar surface area (TPSA) is 105 Å². The first-order valence-corrected chi connectivity index (χ1v) is 9.66. The molecule has 30 heavy (non-hydrogen) atoms. The number of carbonyl (C=O) groups is 4. The van der Waals surface area contributed by atoms with Gasteiger partial charge in [0.1, 0.15) is 11.6 Å². The molecule has 0 bridgehead atoms. The van der Waals surface area contributed by atoms with E-state index in [0.29, 0.717) is 12.6 Å². The SMILES string of the molecule is CC(C)CNC(=O)NC(=O)COC(=O)C1CCN(C(=O)c2ccc(F)cc2F)CC1. The van der Waals surface area contributed by atoms with Crippen LogP contribution in [0.4, 0.5) is 13.6 Å². The maximum Gasteiger partial charge on any atom is 0.321 e. The van der Waals surface area contributed by atoms with Crippen molar-refractivity contribution in [2.24, 2.45) is 11.8 Å². The van der Waals surface area contributed by atoms with Crippen LogP contribution < -0.4 is 10.6 Å². The number of benzene rings is 1. The fraction of sp³-hybridized carbons (Fsp3) is 0.500. The van der Waals surface area contributed by atoms with Crippen LogP contribution in [0, 0.1) is 23.5 Å². The number of halogens is 2. The summed E-state index contributed by atoms with van der Waals surface area (Å²) >= 11 is 0. The lowest BCUT2D eigenvalue weighted by atomic mass is 9.96. The van der Waals surface area contributed by atoms with Gasteiger partial charge in [-0.15, -0.1) is 0 Å². The highest BCUT2D eigenvalue weighted by molar-refractivity contribution is 5.96. The summed E-state index contributed by atoms with van der Waals surface area (Å²) in [5.41, 5.74) is -0.232. The Kier molecular flexibility index (Phi) is 8.25. The number of nitrogens with one attached hydrogen (secondary N) is 2. The van der Waals surface area contributed by atoms with Crippen molar-refractivity contribution in [1.82, 2.24) is 15.5 Å². The third-order valence-corrected chi connectivity index (χ3v) is 4.55. The van der Waals surface area contributed by atoms with Crippen LogP contribution in [0.3, 0.4) is 0 Å². The molecule has 0 aliphatic carbocycles. The minimum absolute atomic E-state index is 0.194. The minimum Gasteiger partial charge on any atom is -0.455 e. The Bertz CT molecular complexity index is 808. The summed E-state index contributed by atoms with van der Waals surface area (Å²) in [5, 5.41) is 4.57. The Morgan fingerprint density at radius 1 is 1.17 bits per heavy atom. The number of urea groups is 1. The number of piperidine rings is 1. The molecule has 0 atom stereocenters. The Morgan fingerprint density at radius 2 is 1.83 bits per heavy atom. The second-order valence-corrected chi connectivity index (χ2v) is 7.45. The largest absolute Gasteiger partial charge is 0.455 e. The summed E-state index contributed by atoms with van der Waals surface area (Å²) in [6.45, 7) is 4.00. The second-order valence-electron chi connectivity index (χ2n) is 7.45. The summed E-state index contributed by atoms with van der Waals surface area (Å²) in [6.07, 6.45) is 0.563. The van der Waals surface area contributed by atoms with Gasteiger partial charge in [-0.05, 0) is 30.9 Å². The fourth-order valence-electron chi connectivity index (χ4n) is 2.91. The molecule has 1 fully saturated rings. The summed E-state index contributed by atoms with van der Waals surface area (Å²) < 4.78 is 31.7. The van der Waals surface area contributed by atoms with Crippen molar-refractivity contribution in [3.8, 4) is 0 Å². The molecule has 1 saturated heterocycles. The maximum absolute atomic E-state index is 13.8. The van der Waals surface area contributed by atoms with E-state index in [1.165, 1.54) is 4.90 Å². The smallest absolute Gasteiger partial charge is 0.321 e. The van der Waals surface area contributed by atoms with E-state index in [0.717, 1.165) is 12.1 Å². The average molecular weight is 425 g/mol. The van der Waals surface area contributed by atoms with Crippen LogP contribution in [-0.2, 0) is 14.3 Å². The number of imide groups is 1. The van der Waals surface area contributed by atoms with Crippen molar-refractivity contribution in [1.29, 1.82) is 0 Å². The summed E-state index contributed by atoms with van der Waals surface area (Å²) in [4.78, 5) is 49.1. The number of nitrogens with zero attached hydrogens (tertiary/aromatic N) is 1. The van der Waals surface area contributed by atoms with Crippen molar-refractivity contribution < 1.29 is 32.7 Å². The highest BCUT2D eigenvalue weighted by Gasteiger charge is 2.30. The third kappa shape index (κ3) is 6.78. The maximum atomic E-state index is 13.8. The van der Waals surface area contributed by atoms with Gasteiger partial charge in [-0.2, -0.15) is 0 Å². The molecule has 0 saturated carbocycles. The Labute approximate surface area is 172 Å². The van der Waals surface area contributed by atoms with Gasteiger partial charge in [-0.1, -0.05) is 13.8 Å². The van der Waals surface area contributed by atoms with Crippen LogP contribution in [0.2, 0.25) is 0 Å². The van der Waals surface area contributed by atoms with Gasteiger partial charge in [0, 0.05) is 25.7 Å². The number of ether oxygens (including phenoxy) is 1. The molecule has 1 aliphatic heterocycles. The highest BCUT2D eigenvalue weighted by Crippen LogP contribution is 2.21. The highest BCUT2D eigenvalue weighted by atomic mass is 19.1. The number of carbonyl (C=O) groups excluding carboxylic acids is 4. The Balaban J connectivity index is 1.75. The van der Waals surface area contributed by atoms with E-state index >= 15 is 0 Å². The van der Waals surface area contributed by atoms with Gasteiger partial charge in [-0.3, -0.25) is 19.7 Å². The van der Waals surface area contributed by atoms with E-state index in [4.69, 9.17) is 4.74 Å². The van der Waals surface area contributed by atoms with Crippen LogP contribution in [0.25, 0.3) is 0 Å². The number of hydrogen-bond donors (Lipinski definition) is 2. The molecule has 0 spiro atoms. The van der Waals surface area contributed by atoms with Gasteiger partial charge < -0.3 is 15.0 Å². The Morgan fingerprint density at radius 3 is 2.43 bits per heavy atom. The standard InChI is InChI=1S/C20H25F2N3O5/c1-12(2)10-23-20(29)24-17(26)11-30-19(28)13-5-7-25(8-6-13)18(27)15-4-3-14(21)9-16(15)22/h3-4,9,12-13H,5-8,10-11H2,1-2H3,(H2,23,24,26,29). The van der Waals surface area contributed by atoms with Gasteiger partial charge >= 0.3 is 12.0 Å². The number of hydrogen-bond acceptors (Lipinski definition) is 5. The zero-order valence-electron chi connectivity index (χ0n) is 16.9. The molecule has 1 heterocycles. The van der Waals surface area contributed by atoms with Crippen LogP contribution in [0.15, 0.2) is 18.2 Å². The molecule has 1 aromatic rings. The third-order valence-electron chi connectivity index (χ3n) is 4.55. The first-order valence-electron chi connectivity index (χ1n) is 9.66. The van der Waals surface area contributed by atoms with Crippen LogP contribution in [0.5, 0.6) is 0 Å². The quantitative estimate of drug-likeness (QED) is 0.677. The van der Waals surface area contributed by atoms with E-state index in [9.17, 15) is 28.0 Å². The molecular weight excluding hydrogens is 400 g/mol. The van der Waals surface area contributed by atoms with E-state index in [1.807, 2.05) is 13.8 Å². The van der Waals surface area contributed by atoms with Gasteiger partial charge in [0.15, 0.2) is 6.61 Å². The zero-order chi connectivity index (χ0) is 22.3. The molecule has 0 radical (unpaired) electrons.